The van der Waals surface area contributed by atoms with E-state index in [1.165, 1.54) is 8.61 Å². The van der Waals surface area contributed by atoms with Crippen molar-refractivity contribution in [2.24, 2.45) is 5.92 Å². The van der Waals surface area contributed by atoms with E-state index >= 15 is 0 Å². The summed E-state index contributed by atoms with van der Waals surface area (Å²) in [7, 11) is -7.50. The second kappa shape index (κ2) is 18.5. The molecule has 0 radical (unpaired) electrons. The van der Waals surface area contributed by atoms with Crippen molar-refractivity contribution < 1.29 is 36.0 Å². The second-order valence-electron chi connectivity index (χ2n) is 13.6. The lowest BCUT2D eigenvalue weighted by Gasteiger charge is -2.20. The van der Waals surface area contributed by atoms with Gasteiger partial charge in [-0.15, -0.1) is 22.7 Å². The van der Waals surface area contributed by atoms with Gasteiger partial charge in [-0.2, -0.15) is 8.61 Å². The molecular weight excluding hydrogens is 919 g/mol. The van der Waals surface area contributed by atoms with Crippen LogP contribution in [0.2, 0.25) is 20.1 Å². The first-order valence-corrected chi connectivity index (χ1v) is 24.3. The van der Waals surface area contributed by atoms with Crippen LogP contribution in [-0.2, 0) is 42.7 Å². The predicted molar refractivity (Wildman–Crippen MR) is 225 cm³/mol. The van der Waals surface area contributed by atoms with Crippen LogP contribution in [0, 0.1) is 5.92 Å². The normalized spacial score (nSPS) is 20.2. The summed E-state index contributed by atoms with van der Waals surface area (Å²) in [5.74, 6) is -1.05. The number of rotatable bonds is 13. The molecule has 2 aliphatic heterocycles. The Hall–Kier alpha value is -3.31. The smallest absolute Gasteiger partial charge is 0.321 e. The van der Waals surface area contributed by atoms with Gasteiger partial charge in [0, 0.05) is 43.2 Å². The summed E-state index contributed by atoms with van der Waals surface area (Å²) in [6.45, 7) is 0.253. The van der Waals surface area contributed by atoms with Gasteiger partial charge in [0.15, 0.2) is 10.3 Å². The van der Waals surface area contributed by atoms with Crippen LogP contribution in [0.5, 0.6) is 0 Å². The number of esters is 1. The lowest BCUT2D eigenvalue weighted by Crippen LogP contribution is -2.32. The Kier molecular flexibility index (Phi) is 14.1. The van der Waals surface area contributed by atoms with E-state index in [0.29, 0.717) is 31.5 Å². The monoisotopic (exact) mass is 952 g/mol. The Morgan fingerprint density at radius 2 is 1.19 bits per heavy atom. The lowest BCUT2D eigenvalue weighted by atomic mass is 10.0. The number of anilines is 2. The number of benzene rings is 2. The number of nitrogens with zero attached hydrogens (tertiary/aromatic N) is 4. The molecule has 58 heavy (non-hydrogen) atoms. The number of aromatic nitrogens is 2. The number of hydrogen-bond acceptors (Lipinski definition) is 12. The summed E-state index contributed by atoms with van der Waals surface area (Å²) in [5, 5.41) is 15.9. The molecule has 0 saturated carbocycles. The van der Waals surface area contributed by atoms with Crippen LogP contribution in [-0.4, -0.2) is 85.2 Å². The quantitative estimate of drug-likeness (QED) is 0.102. The van der Waals surface area contributed by atoms with Crippen LogP contribution in [0.25, 0.3) is 0 Å². The van der Waals surface area contributed by atoms with E-state index in [9.17, 15) is 31.2 Å². The number of halogens is 4. The van der Waals surface area contributed by atoms with Gasteiger partial charge in [-0.25, -0.2) is 36.4 Å². The fourth-order valence-electron chi connectivity index (χ4n) is 6.57. The molecule has 4 amide bonds. The average molecular weight is 955 g/mol. The van der Waals surface area contributed by atoms with Crippen LogP contribution in [0.3, 0.4) is 0 Å². The minimum atomic E-state index is -3.77. The van der Waals surface area contributed by atoms with Gasteiger partial charge in [-0.05, 0) is 47.7 Å². The number of hydrogen-bond donors (Lipinski definition) is 4. The van der Waals surface area contributed by atoms with Gasteiger partial charge in [-0.1, -0.05) is 58.5 Å². The Morgan fingerprint density at radius 1 is 0.724 bits per heavy atom. The summed E-state index contributed by atoms with van der Waals surface area (Å²) in [6, 6.07) is 7.43. The Bertz CT molecular complexity index is 2260. The third kappa shape index (κ3) is 11.5. The number of sulfonamides is 2. The van der Waals surface area contributed by atoms with Gasteiger partial charge in [-0.3, -0.25) is 15.4 Å². The molecule has 0 bridgehead atoms. The van der Waals surface area contributed by atoms with E-state index < -0.39 is 62.2 Å². The summed E-state index contributed by atoms with van der Waals surface area (Å²) < 4.78 is 59.5. The van der Waals surface area contributed by atoms with Gasteiger partial charge < -0.3 is 15.4 Å². The maximum Gasteiger partial charge on any atom is 0.321 e. The van der Waals surface area contributed by atoms with Gasteiger partial charge >= 0.3 is 18.0 Å². The summed E-state index contributed by atoms with van der Waals surface area (Å²) in [6.07, 6.45) is 1.56. The standard InChI is InChI=1S/C34H36Cl4N8O8S4/c1-57(50,51)45-14-20(9-28(45)26-16-55-33(41-26)43-31(48)39-12-18-3-5-22(35)24(37)7-18)10-30(47)54-21-11-29(46(15-21)58(2,52)53)27-17-56-34(42-27)44-32(49)40-13-19-4-6-23(36)25(38)8-19/h3-8,16-17,20-21,28-29H,9-15H2,1-2H3,(H2,39,41,43,48)(H2,40,42,44,49). The summed E-state index contributed by atoms with van der Waals surface area (Å²) in [4.78, 5) is 47.3. The van der Waals surface area contributed by atoms with Crippen LogP contribution in [0.15, 0.2) is 47.2 Å². The molecule has 0 aliphatic carbocycles. The van der Waals surface area contributed by atoms with Crippen molar-refractivity contribution in [3.05, 3.63) is 89.8 Å². The number of carbonyl (C=O) groups excluding carboxylic acids is 3. The molecule has 312 valence electrons. The molecule has 2 saturated heterocycles. The maximum absolute atomic E-state index is 13.3. The maximum atomic E-state index is 13.3. The van der Waals surface area contributed by atoms with Crippen LogP contribution in [0.4, 0.5) is 19.9 Å². The molecular formula is C34H36Cl4N8O8S4. The molecule has 16 nitrogen and oxygen atoms in total. The molecule has 0 spiro atoms. The van der Waals surface area contributed by atoms with Crippen LogP contribution in [0.1, 0.15) is 53.9 Å². The van der Waals surface area contributed by atoms with E-state index in [2.05, 4.69) is 31.2 Å². The summed E-state index contributed by atoms with van der Waals surface area (Å²) in [5.41, 5.74) is 2.24. The van der Waals surface area contributed by atoms with Crippen molar-refractivity contribution >= 4 is 117 Å². The molecule has 4 unspecified atom stereocenters. The molecule has 2 aromatic heterocycles. The largest absolute Gasteiger partial charge is 0.461 e. The highest BCUT2D eigenvalue weighted by atomic mass is 35.5. The van der Waals surface area contributed by atoms with E-state index in [4.69, 9.17) is 51.1 Å². The minimum Gasteiger partial charge on any atom is -0.461 e. The van der Waals surface area contributed by atoms with Crippen LogP contribution >= 0.6 is 69.1 Å². The topological polar surface area (TPSA) is 209 Å². The molecule has 4 heterocycles. The highest BCUT2D eigenvalue weighted by molar-refractivity contribution is 7.88. The van der Waals surface area contributed by atoms with Crippen molar-refractivity contribution in [2.75, 3.05) is 36.2 Å². The number of thiazole rings is 2. The van der Waals surface area contributed by atoms with Gasteiger partial charge in [0.05, 0.1) is 62.6 Å². The zero-order valence-corrected chi connectivity index (χ0v) is 36.9. The molecule has 24 heteroatoms. The van der Waals surface area contributed by atoms with Crippen molar-refractivity contribution in [3.63, 3.8) is 0 Å². The molecule has 6 rings (SSSR count). The molecule has 4 N–H and O–H groups in total. The predicted octanol–water partition coefficient (Wildman–Crippen LogP) is 6.89. The number of ether oxygens (including phenoxy) is 1. The fraction of sp³-hybridized carbons (Fsp3) is 0.382. The number of amides is 4. The Balaban J connectivity index is 1.03. The highest BCUT2D eigenvalue weighted by Gasteiger charge is 2.43. The first-order valence-electron chi connectivity index (χ1n) is 17.3. The fourth-order valence-corrected chi connectivity index (χ4v) is 10.9. The van der Waals surface area contributed by atoms with Gasteiger partial charge in [0.2, 0.25) is 20.0 Å². The zero-order chi connectivity index (χ0) is 41.9. The molecule has 4 atom stereocenters. The second-order valence-corrected chi connectivity index (χ2v) is 20.8. The summed E-state index contributed by atoms with van der Waals surface area (Å²) >= 11 is 26.2. The van der Waals surface area contributed by atoms with Crippen LogP contribution < -0.4 is 21.3 Å². The van der Waals surface area contributed by atoms with Gasteiger partial charge in [0.25, 0.3) is 0 Å². The SMILES string of the molecule is CS(=O)(=O)N1CC(CC(=O)OC2CC(c3csc(NC(=O)NCc4ccc(Cl)c(Cl)c4)n3)N(S(C)(=O)=O)C2)CC1c1csc(NC(=O)NCc2ccc(Cl)c(Cl)c2)n1. The first kappa shape index (κ1) is 44.2. The van der Waals surface area contributed by atoms with E-state index in [1.54, 1.807) is 47.2 Å². The Labute approximate surface area is 362 Å². The molecule has 2 aliphatic rings. The van der Waals surface area contributed by atoms with E-state index in [0.717, 1.165) is 46.3 Å². The number of urea groups is 2. The average Bonchev–Trinajstić information content (AvgIpc) is 3.96. The van der Waals surface area contributed by atoms with Gasteiger partial charge in [0.1, 0.15) is 6.10 Å². The molecule has 2 fully saturated rings. The van der Waals surface area contributed by atoms with Crippen molar-refractivity contribution in [3.8, 4) is 0 Å². The van der Waals surface area contributed by atoms with Crippen molar-refractivity contribution in [1.29, 1.82) is 0 Å². The minimum absolute atomic E-state index is 0.0292. The zero-order valence-electron chi connectivity index (χ0n) is 30.6. The molecule has 4 aromatic rings. The first-order chi connectivity index (χ1) is 27.3. The van der Waals surface area contributed by atoms with E-state index in [1.807, 2.05) is 0 Å². The van der Waals surface area contributed by atoms with E-state index in [-0.39, 0.29) is 55.7 Å². The number of carbonyl (C=O) groups is 3. The van der Waals surface area contributed by atoms with Crippen molar-refractivity contribution in [1.82, 2.24) is 29.2 Å². The highest BCUT2D eigenvalue weighted by Crippen LogP contribution is 2.41. The van der Waals surface area contributed by atoms with Crippen molar-refractivity contribution in [2.45, 2.75) is 50.5 Å². The lowest BCUT2D eigenvalue weighted by molar-refractivity contribution is -0.149. The third-order valence-corrected chi connectivity index (χ3v) is 14.7. The molecule has 2 aromatic carbocycles. The number of nitrogens with one attached hydrogen (secondary N) is 4. The Morgan fingerprint density at radius 3 is 1.66 bits per heavy atom. The third-order valence-electron chi connectivity index (χ3n) is 9.21.